The molecular weight excluding hydrogens is 154 g/mol. The number of hydrogen-bond acceptors (Lipinski definition) is 3. The van der Waals surface area contributed by atoms with Crippen LogP contribution in [0.2, 0.25) is 0 Å². The van der Waals surface area contributed by atoms with Crippen LogP contribution in [0.15, 0.2) is 0 Å². The minimum absolute atomic E-state index is 0.258. The number of hydroxylamine groups is 1. The van der Waals surface area contributed by atoms with E-state index in [2.05, 4.69) is 5.48 Å². The summed E-state index contributed by atoms with van der Waals surface area (Å²) in [5.74, 6) is 0. The maximum atomic E-state index is 5.34. The van der Waals surface area contributed by atoms with Crippen LogP contribution in [0.1, 0.15) is 33.1 Å². The van der Waals surface area contributed by atoms with Crippen LogP contribution in [0.5, 0.6) is 0 Å². The maximum absolute atomic E-state index is 5.34. The van der Waals surface area contributed by atoms with E-state index >= 15 is 0 Å². The Bertz CT molecular complexity index is 109. The Balaban J connectivity index is 2.12. The molecule has 72 valence electrons. The lowest BCUT2D eigenvalue weighted by Gasteiger charge is -2.16. The third kappa shape index (κ3) is 4.04. The summed E-state index contributed by atoms with van der Waals surface area (Å²) in [7, 11) is 0. The first-order valence-electron chi connectivity index (χ1n) is 4.78. The van der Waals surface area contributed by atoms with Crippen LogP contribution in [0.4, 0.5) is 0 Å². The first-order chi connectivity index (χ1) is 5.79. The van der Waals surface area contributed by atoms with E-state index in [0.29, 0.717) is 6.04 Å². The molecule has 1 aliphatic rings. The van der Waals surface area contributed by atoms with Gasteiger partial charge in [0, 0.05) is 19.3 Å². The highest BCUT2D eigenvalue weighted by Crippen LogP contribution is 2.08. The molecule has 0 aromatic rings. The quantitative estimate of drug-likeness (QED) is 0.656. The summed E-state index contributed by atoms with van der Waals surface area (Å²) < 4.78 is 5.34. The summed E-state index contributed by atoms with van der Waals surface area (Å²) in [6, 6.07) is 0.481. The molecule has 0 amide bonds. The van der Waals surface area contributed by atoms with Gasteiger partial charge in [-0.3, -0.25) is 4.84 Å². The zero-order chi connectivity index (χ0) is 8.81. The summed E-state index contributed by atoms with van der Waals surface area (Å²) in [5.41, 5.74) is 3.08. The van der Waals surface area contributed by atoms with Crippen molar-refractivity contribution in [3.05, 3.63) is 0 Å². The van der Waals surface area contributed by atoms with Gasteiger partial charge >= 0.3 is 0 Å². The Hall–Kier alpha value is -0.120. The van der Waals surface area contributed by atoms with E-state index in [9.17, 15) is 0 Å². The van der Waals surface area contributed by atoms with Gasteiger partial charge < -0.3 is 4.74 Å². The predicted molar refractivity (Wildman–Crippen MR) is 47.8 cm³/mol. The number of ether oxygens (including phenoxy) is 1. The molecule has 0 saturated carbocycles. The first kappa shape index (κ1) is 9.96. The van der Waals surface area contributed by atoms with E-state index in [-0.39, 0.29) is 6.10 Å². The third-order valence-electron chi connectivity index (χ3n) is 1.92. The van der Waals surface area contributed by atoms with Gasteiger partial charge in [-0.2, -0.15) is 5.48 Å². The topological polar surface area (TPSA) is 30.5 Å². The lowest BCUT2D eigenvalue weighted by Crippen LogP contribution is -2.31. The summed E-state index contributed by atoms with van der Waals surface area (Å²) >= 11 is 0. The molecule has 1 rings (SSSR count). The van der Waals surface area contributed by atoms with Gasteiger partial charge in [0.1, 0.15) is 0 Å². The van der Waals surface area contributed by atoms with Crippen LogP contribution in [0.3, 0.4) is 0 Å². The van der Waals surface area contributed by atoms with Crippen LogP contribution >= 0.6 is 0 Å². The fourth-order valence-electron chi connectivity index (χ4n) is 1.25. The summed E-state index contributed by atoms with van der Waals surface area (Å²) in [4.78, 5) is 5.33. The van der Waals surface area contributed by atoms with Crippen molar-refractivity contribution in [2.45, 2.75) is 45.3 Å². The van der Waals surface area contributed by atoms with Crippen molar-refractivity contribution in [1.29, 1.82) is 0 Å². The predicted octanol–water partition coefficient (Wildman–Crippen LogP) is 1.49. The van der Waals surface area contributed by atoms with Crippen LogP contribution in [0.25, 0.3) is 0 Å². The molecule has 0 radical (unpaired) electrons. The summed E-state index contributed by atoms with van der Waals surface area (Å²) in [6.07, 6.45) is 3.62. The highest BCUT2D eigenvalue weighted by atomic mass is 16.7. The molecule has 0 aromatic carbocycles. The lowest BCUT2D eigenvalue weighted by atomic mass is 10.1. The fourth-order valence-corrected chi connectivity index (χ4v) is 1.25. The highest BCUT2D eigenvalue weighted by Gasteiger charge is 2.12. The number of nitrogens with one attached hydrogen (secondary N) is 1. The molecular formula is C9H19NO2. The number of rotatable bonds is 3. The highest BCUT2D eigenvalue weighted by molar-refractivity contribution is 4.65. The molecule has 1 aliphatic heterocycles. The minimum Gasteiger partial charge on any atom is -0.381 e. The molecule has 12 heavy (non-hydrogen) atoms. The van der Waals surface area contributed by atoms with Crippen molar-refractivity contribution in [2.24, 2.45) is 0 Å². The van der Waals surface area contributed by atoms with E-state index in [1.54, 1.807) is 0 Å². The van der Waals surface area contributed by atoms with E-state index in [0.717, 1.165) is 32.5 Å². The molecule has 1 unspecified atom stereocenters. The fraction of sp³-hybridized carbons (Fsp3) is 1.00. The average molecular weight is 173 g/mol. The van der Waals surface area contributed by atoms with Crippen molar-refractivity contribution in [1.82, 2.24) is 5.48 Å². The molecule has 0 bridgehead atoms. The molecule has 3 nitrogen and oxygen atoms in total. The smallest absolute Gasteiger partial charge is 0.0734 e. The first-order valence-corrected chi connectivity index (χ1v) is 4.78. The van der Waals surface area contributed by atoms with Crippen molar-refractivity contribution < 1.29 is 9.57 Å². The second kappa shape index (κ2) is 5.51. The molecule has 1 atom stereocenters. The van der Waals surface area contributed by atoms with Crippen molar-refractivity contribution >= 4 is 0 Å². The molecule has 1 fully saturated rings. The van der Waals surface area contributed by atoms with Crippen LogP contribution < -0.4 is 5.48 Å². The van der Waals surface area contributed by atoms with E-state index in [1.165, 1.54) is 0 Å². The number of hydrogen-bond donors (Lipinski definition) is 1. The Kier molecular flexibility index (Phi) is 4.58. The zero-order valence-electron chi connectivity index (χ0n) is 8.01. The second-order valence-electron chi connectivity index (χ2n) is 3.52. The van der Waals surface area contributed by atoms with Gasteiger partial charge in [-0.1, -0.05) is 0 Å². The van der Waals surface area contributed by atoms with Crippen LogP contribution in [-0.4, -0.2) is 25.4 Å². The maximum Gasteiger partial charge on any atom is 0.0734 e. The minimum atomic E-state index is 0.258. The van der Waals surface area contributed by atoms with Gasteiger partial charge in [-0.25, -0.2) is 0 Å². The molecule has 1 heterocycles. The SMILES string of the molecule is CC(C)ONC1CCCOCC1. The Labute approximate surface area is 74.4 Å². The van der Waals surface area contributed by atoms with E-state index < -0.39 is 0 Å². The van der Waals surface area contributed by atoms with Gasteiger partial charge in [-0.05, 0) is 33.1 Å². The Morgan fingerprint density at radius 3 is 2.92 bits per heavy atom. The van der Waals surface area contributed by atoms with Gasteiger partial charge in [0.05, 0.1) is 6.10 Å². The summed E-state index contributed by atoms with van der Waals surface area (Å²) in [6.45, 7) is 5.82. The largest absolute Gasteiger partial charge is 0.381 e. The Morgan fingerprint density at radius 2 is 2.17 bits per heavy atom. The molecule has 1 N–H and O–H groups in total. The van der Waals surface area contributed by atoms with Crippen molar-refractivity contribution in [3.63, 3.8) is 0 Å². The van der Waals surface area contributed by atoms with E-state index in [1.807, 2.05) is 13.8 Å². The monoisotopic (exact) mass is 173 g/mol. The third-order valence-corrected chi connectivity index (χ3v) is 1.92. The average Bonchev–Trinajstić information content (AvgIpc) is 2.28. The Morgan fingerprint density at radius 1 is 1.33 bits per heavy atom. The lowest BCUT2D eigenvalue weighted by molar-refractivity contribution is -0.0293. The van der Waals surface area contributed by atoms with Gasteiger partial charge in [0.2, 0.25) is 0 Å². The molecule has 0 aliphatic carbocycles. The van der Waals surface area contributed by atoms with Gasteiger partial charge in [0.25, 0.3) is 0 Å². The normalized spacial score (nSPS) is 25.8. The molecule has 3 heteroatoms. The van der Waals surface area contributed by atoms with E-state index in [4.69, 9.17) is 9.57 Å². The summed E-state index contributed by atoms with van der Waals surface area (Å²) in [5, 5.41) is 0. The molecule has 1 saturated heterocycles. The zero-order valence-corrected chi connectivity index (χ0v) is 8.01. The van der Waals surface area contributed by atoms with Gasteiger partial charge in [0.15, 0.2) is 0 Å². The van der Waals surface area contributed by atoms with Crippen LogP contribution in [-0.2, 0) is 9.57 Å². The molecule has 0 aromatic heterocycles. The van der Waals surface area contributed by atoms with Crippen LogP contribution in [0, 0.1) is 0 Å². The van der Waals surface area contributed by atoms with Gasteiger partial charge in [-0.15, -0.1) is 0 Å². The standard InChI is InChI=1S/C9H19NO2/c1-8(2)12-10-9-4-3-6-11-7-5-9/h8-10H,3-7H2,1-2H3. The van der Waals surface area contributed by atoms with Crippen molar-refractivity contribution in [3.8, 4) is 0 Å². The second-order valence-corrected chi connectivity index (χ2v) is 3.52. The van der Waals surface area contributed by atoms with Crippen molar-refractivity contribution in [2.75, 3.05) is 13.2 Å². The molecule has 0 spiro atoms.